The lowest BCUT2D eigenvalue weighted by molar-refractivity contribution is 0.0950. The van der Waals surface area contributed by atoms with Gasteiger partial charge in [0.1, 0.15) is 0 Å². The second kappa shape index (κ2) is 7.74. The molecule has 0 aliphatic heterocycles. The number of aromatic nitrogens is 3. The molecule has 7 heteroatoms. The molecule has 28 heavy (non-hydrogen) atoms. The lowest BCUT2D eigenvalue weighted by Crippen LogP contribution is -2.22. The topological polar surface area (TPSA) is 80.9 Å². The fraction of sp³-hybridized carbons (Fsp3) is 0.143. The van der Waals surface area contributed by atoms with E-state index in [1.165, 1.54) is 0 Å². The van der Waals surface area contributed by atoms with Crippen LogP contribution in [-0.4, -0.2) is 21.1 Å². The Kier molecular flexibility index (Phi) is 4.99. The van der Waals surface area contributed by atoms with Gasteiger partial charge < -0.3 is 9.73 Å². The van der Waals surface area contributed by atoms with E-state index in [1.807, 2.05) is 43.5 Å². The van der Waals surface area contributed by atoms with Crippen molar-refractivity contribution in [3.8, 4) is 22.9 Å². The van der Waals surface area contributed by atoms with Crippen LogP contribution in [0.1, 0.15) is 26.6 Å². The highest BCUT2D eigenvalue weighted by Gasteiger charge is 2.13. The van der Waals surface area contributed by atoms with Crippen molar-refractivity contribution in [1.29, 1.82) is 0 Å². The van der Waals surface area contributed by atoms with E-state index in [4.69, 9.17) is 4.42 Å². The van der Waals surface area contributed by atoms with E-state index in [0.29, 0.717) is 23.9 Å². The van der Waals surface area contributed by atoms with Crippen molar-refractivity contribution >= 4 is 17.2 Å². The van der Waals surface area contributed by atoms with Gasteiger partial charge in [0.15, 0.2) is 0 Å². The van der Waals surface area contributed by atoms with E-state index < -0.39 is 0 Å². The number of nitrogens with zero attached hydrogens (tertiary/aromatic N) is 3. The number of aryl methyl sites for hydroxylation is 2. The SMILES string of the molecule is Cc1nc(CNC(=O)c2ccc(-c3nnc(-c4ccccc4C)o3)cc2)cs1. The number of hydrogen-bond donors (Lipinski definition) is 1. The highest BCUT2D eigenvalue weighted by molar-refractivity contribution is 7.09. The Balaban J connectivity index is 1.46. The van der Waals surface area contributed by atoms with Crippen LogP contribution in [0.15, 0.2) is 58.3 Å². The fourth-order valence-corrected chi connectivity index (χ4v) is 3.40. The fourth-order valence-electron chi connectivity index (χ4n) is 2.79. The van der Waals surface area contributed by atoms with E-state index >= 15 is 0 Å². The van der Waals surface area contributed by atoms with Gasteiger partial charge in [0.25, 0.3) is 5.91 Å². The lowest BCUT2D eigenvalue weighted by Gasteiger charge is -2.04. The summed E-state index contributed by atoms with van der Waals surface area (Å²) in [7, 11) is 0. The van der Waals surface area contributed by atoms with Crippen molar-refractivity contribution in [3.05, 3.63) is 75.7 Å². The molecule has 2 aromatic carbocycles. The quantitative estimate of drug-likeness (QED) is 0.546. The Hall–Kier alpha value is -3.32. The summed E-state index contributed by atoms with van der Waals surface area (Å²) < 4.78 is 5.81. The largest absolute Gasteiger partial charge is 0.416 e. The molecule has 4 aromatic rings. The number of benzene rings is 2. The minimum absolute atomic E-state index is 0.150. The summed E-state index contributed by atoms with van der Waals surface area (Å²) in [6.45, 7) is 4.35. The highest BCUT2D eigenvalue weighted by atomic mass is 32.1. The molecule has 0 spiro atoms. The van der Waals surface area contributed by atoms with Crippen LogP contribution < -0.4 is 5.32 Å². The van der Waals surface area contributed by atoms with Crippen LogP contribution in [0.25, 0.3) is 22.9 Å². The van der Waals surface area contributed by atoms with Crippen molar-refractivity contribution < 1.29 is 9.21 Å². The molecule has 0 atom stereocenters. The van der Waals surface area contributed by atoms with Gasteiger partial charge in [-0.3, -0.25) is 4.79 Å². The number of carbonyl (C=O) groups is 1. The first-order chi connectivity index (χ1) is 13.6. The van der Waals surface area contributed by atoms with Gasteiger partial charge in [0.2, 0.25) is 11.8 Å². The first kappa shape index (κ1) is 18.1. The third-order valence-electron chi connectivity index (χ3n) is 4.29. The predicted molar refractivity (Wildman–Crippen MR) is 108 cm³/mol. The summed E-state index contributed by atoms with van der Waals surface area (Å²) in [5.41, 5.74) is 4.17. The second-order valence-corrected chi connectivity index (χ2v) is 7.41. The van der Waals surface area contributed by atoms with Crippen LogP contribution in [0.5, 0.6) is 0 Å². The van der Waals surface area contributed by atoms with Gasteiger partial charge in [0, 0.05) is 22.1 Å². The van der Waals surface area contributed by atoms with Gasteiger partial charge in [-0.2, -0.15) is 0 Å². The zero-order valence-electron chi connectivity index (χ0n) is 15.5. The molecular weight excluding hydrogens is 372 g/mol. The van der Waals surface area contributed by atoms with Crippen molar-refractivity contribution in [2.75, 3.05) is 0 Å². The molecule has 140 valence electrons. The Bertz CT molecular complexity index is 1120. The van der Waals surface area contributed by atoms with Gasteiger partial charge in [-0.25, -0.2) is 4.98 Å². The van der Waals surface area contributed by atoms with Crippen LogP contribution in [0, 0.1) is 13.8 Å². The van der Waals surface area contributed by atoms with E-state index in [2.05, 4.69) is 20.5 Å². The first-order valence-electron chi connectivity index (χ1n) is 8.79. The van der Waals surface area contributed by atoms with Crippen LogP contribution in [0.3, 0.4) is 0 Å². The van der Waals surface area contributed by atoms with Crippen LogP contribution in [0.4, 0.5) is 0 Å². The van der Waals surface area contributed by atoms with Crippen LogP contribution in [0.2, 0.25) is 0 Å². The third kappa shape index (κ3) is 3.84. The zero-order valence-corrected chi connectivity index (χ0v) is 16.3. The van der Waals surface area contributed by atoms with E-state index in [9.17, 15) is 4.79 Å². The number of carbonyl (C=O) groups excluding carboxylic acids is 1. The molecule has 6 nitrogen and oxygen atoms in total. The maximum absolute atomic E-state index is 12.3. The molecule has 0 radical (unpaired) electrons. The van der Waals surface area contributed by atoms with Crippen LogP contribution in [-0.2, 0) is 6.54 Å². The summed E-state index contributed by atoms with van der Waals surface area (Å²) in [6.07, 6.45) is 0. The minimum Gasteiger partial charge on any atom is -0.416 e. The standard InChI is InChI=1S/C21H18N4O2S/c1-13-5-3-4-6-18(13)21-25-24-20(27-21)16-9-7-15(8-10-16)19(26)22-11-17-12-28-14(2)23-17/h3-10,12H,11H2,1-2H3,(H,22,26). The van der Waals surface area contributed by atoms with Crippen molar-refractivity contribution in [2.24, 2.45) is 0 Å². The molecule has 0 saturated carbocycles. The summed E-state index contributed by atoms with van der Waals surface area (Å²) in [6, 6.07) is 14.9. The summed E-state index contributed by atoms with van der Waals surface area (Å²) in [5.74, 6) is 0.750. The molecule has 0 bridgehead atoms. The Morgan fingerprint density at radius 3 is 2.50 bits per heavy atom. The van der Waals surface area contributed by atoms with Gasteiger partial charge in [-0.05, 0) is 49.7 Å². The first-order valence-corrected chi connectivity index (χ1v) is 9.67. The Morgan fingerprint density at radius 1 is 1.04 bits per heavy atom. The summed E-state index contributed by atoms with van der Waals surface area (Å²) in [4.78, 5) is 16.7. The molecule has 0 aliphatic rings. The van der Waals surface area contributed by atoms with Crippen LogP contribution >= 0.6 is 11.3 Å². The van der Waals surface area contributed by atoms with Crippen molar-refractivity contribution in [3.63, 3.8) is 0 Å². The number of amides is 1. The molecule has 1 amide bonds. The number of nitrogens with one attached hydrogen (secondary N) is 1. The predicted octanol–water partition coefficient (Wildman–Crippen LogP) is 4.41. The van der Waals surface area contributed by atoms with Gasteiger partial charge >= 0.3 is 0 Å². The number of rotatable bonds is 5. The Labute approximate surface area is 166 Å². The Morgan fingerprint density at radius 2 is 1.79 bits per heavy atom. The van der Waals surface area contributed by atoms with Gasteiger partial charge in [-0.15, -0.1) is 21.5 Å². The zero-order chi connectivity index (χ0) is 19.5. The summed E-state index contributed by atoms with van der Waals surface area (Å²) >= 11 is 1.57. The lowest BCUT2D eigenvalue weighted by atomic mass is 10.1. The maximum atomic E-state index is 12.3. The van der Waals surface area contributed by atoms with Gasteiger partial charge in [0.05, 0.1) is 17.2 Å². The molecule has 0 aliphatic carbocycles. The van der Waals surface area contributed by atoms with E-state index in [-0.39, 0.29) is 5.91 Å². The molecule has 2 heterocycles. The molecule has 0 fully saturated rings. The average Bonchev–Trinajstić information content (AvgIpc) is 3.36. The summed E-state index contributed by atoms with van der Waals surface area (Å²) in [5, 5.41) is 14.1. The molecule has 0 unspecified atom stereocenters. The minimum atomic E-state index is -0.150. The number of hydrogen-bond acceptors (Lipinski definition) is 6. The molecule has 2 aromatic heterocycles. The van der Waals surface area contributed by atoms with Crippen molar-refractivity contribution in [2.45, 2.75) is 20.4 Å². The molecule has 0 saturated heterocycles. The third-order valence-corrected chi connectivity index (χ3v) is 5.11. The van der Waals surface area contributed by atoms with E-state index in [1.54, 1.807) is 35.6 Å². The number of thiazole rings is 1. The maximum Gasteiger partial charge on any atom is 0.251 e. The smallest absolute Gasteiger partial charge is 0.251 e. The molecular formula is C21H18N4O2S. The average molecular weight is 390 g/mol. The van der Waals surface area contributed by atoms with Crippen molar-refractivity contribution in [1.82, 2.24) is 20.5 Å². The molecule has 4 rings (SSSR count). The normalized spacial score (nSPS) is 10.8. The second-order valence-electron chi connectivity index (χ2n) is 6.35. The van der Waals surface area contributed by atoms with E-state index in [0.717, 1.165) is 27.4 Å². The molecule has 1 N–H and O–H groups in total. The highest BCUT2D eigenvalue weighted by Crippen LogP contribution is 2.26. The van der Waals surface area contributed by atoms with Gasteiger partial charge in [-0.1, -0.05) is 18.2 Å². The monoisotopic (exact) mass is 390 g/mol.